The molecule has 2 aromatic rings. The van der Waals surface area contributed by atoms with Gasteiger partial charge in [-0.2, -0.15) is 5.10 Å². The SMILES string of the molecule is CC(C)C(=O)Nc1ccc(NC(=O)[C@@H](C)n2cncn2)cc1. The molecule has 0 aliphatic carbocycles. The zero-order chi connectivity index (χ0) is 16.1. The lowest BCUT2D eigenvalue weighted by Gasteiger charge is -2.13. The van der Waals surface area contributed by atoms with Crippen molar-refractivity contribution in [3.05, 3.63) is 36.9 Å². The molecule has 116 valence electrons. The summed E-state index contributed by atoms with van der Waals surface area (Å²) in [4.78, 5) is 27.5. The summed E-state index contributed by atoms with van der Waals surface area (Å²) in [6.07, 6.45) is 2.88. The van der Waals surface area contributed by atoms with Crippen LogP contribution in [-0.2, 0) is 9.59 Å². The first kappa shape index (κ1) is 15.7. The number of amides is 2. The highest BCUT2D eigenvalue weighted by Gasteiger charge is 2.15. The van der Waals surface area contributed by atoms with Crippen molar-refractivity contribution in [3.8, 4) is 0 Å². The largest absolute Gasteiger partial charge is 0.326 e. The molecule has 1 aromatic carbocycles. The van der Waals surface area contributed by atoms with Gasteiger partial charge < -0.3 is 10.6 Å². The molecule has 0 saturated carbocycles. The maximum absolute atomic E-state index is 12.1. The second-order valence-corrected chi connectivity index (χ2v) is 5.26. The van der Waals surface area contributed by atoms with Gasteiger partial charge in [0.05, 0.1) is 0 Å². The molecule has 0 spiro atoms. The van der Waals surface area contributed by atoms with Crippen LogP contribution in [0.15, 0.2) is 36.9 Å². The zero-order valence-corrected chi connectivity index (χ0v) is 12.8. The summed E-state index contributed by atoms with van der Waals surface area (Å²) in [5, 5.41) is 9.53. The summed E-state index contributed by atoms with van der Waals surface area (Å²) in [6, 6.07) is 6.51. The Morgan fingerprint density at radius 2 is 1.55 bits per heavy atom. The summed E-state index contributed by atoms with van der Waals surface area (Å²) in [6.45, 7) is 5.39. The number of aromatic nitrogens is 3. The number of hydrogen-bond acceptors (Lipinski definition) is 4. The molecule has 2 N–H and O–H groups in total. The molecule has 0 saturated heterocycles. The Labute approximate surface area is 128 Å². The molecule has 0 radical (unpaired) electrons. The third-order valence-electron chi connectivity index (χ3n) is 3.16. The molecule has 2 rings (SSSR count). The van der Waals surface area contributed by atoms with Crippen LogP contribution in [0.2, 0.25) is 0 Å². The topological polar surface area (TPSA) is 88.9 Å². The highest BCUT2D eigenvalue weighted by atomic mass is 16.2. The van der Waals surface area contributed by atoms with Crippen LogP contribution in [0.3, 0.4) is 0 Å². The number of anilines is 2. The van der Waals surface area contributed by atoms with Gasteiger partial charge in [-0.25, -0.2) is 9.67 Å². The minimum absolute atomic E-state index is 0.0448. The summed E-state index contributed by atoms with van der Waals surface area (Å²) < 4.78 is 1.48. The molecule has 2 amide bonds. The molecule has 1 heterocycles. The minimum Gasteiger partial charge on any atom is -0.326 e. The van der Waals surface area contributed by atoms with Gasteiger partial charge >= 0.3 is 0 Å². The Hall–Kier alpha value is -2.70. The van der Waals surface area contributed by atoms with Crippen molar-refractivity contribution in [2.24, 2.45) is 5.92 Å². The minimum atomic E-state index is -0.456. The van der Waals surface area contributed by atoms with Crippen LogP contribution < -0.4 is 10.6 Å². The smallest absolute Gasteiger partial charge is 0.249 e. The van der Waals surface area contributed by atoms with Gasteiger partial charge in [0.15, 0.2) is 0 Å². The van der Waals surface area contributed by atoms with Crippen LogP contribution in [0, 0.1) is 5.92 Å². The molecule has 1 aromatic heterocycles. The van der Waals surface area contributed by atoms with E-state index < -0.39 is 6.04 Å². The molecule has 0 aliphatic rings. The molecular weight excluding hydrogens is 282 g/mol. The average molecular weight is 301 g/mol. The summed E-state index contributed by atoms with van der Waals surface area (Å²) in [5.74, 6) is -0.316. The van der Waals surface area contributed by atoms with Crippen LogP contribution in [0.4, 0.5) is 11.4 Å². The van der Waals surface area contributed by atoms with Gasteiger partial charge in [-0.1, -0.05) is 13.8 Å². The number of nitrogens with one attached hydrogen (secondary N) is 2. The fraction of sp³-hybridized carbons (Fsp3) is 0.333. The lowest BCUT2D eigenvalue weighted by atomic mass is 10.2. The first-order chi connectivity index (χ1) is 10.5. The molecule has 7 heteroatoms. The van der Waals surface area contributed by atoms with E-state index >= 15 is 0 Å². The molecule has 1 atom stereocenters. The van der Waals surface area contributed by atoms with Crippen LogP contribution >= 0.6 is 0 Å². The number of benzene rings is 1. The van der Waals surface area contributed by atoms with E-state index in [1.807, 2.05) is 13.8 Å². The Morgan fingerprint density at radius 3 is 2.00 bits per heavy atom. The van der Waals surface area contributed by atoms with E-state index in [9.17, 15) is 9.59 Å². The van der Waals surface area contributed by atoms with Crippen molar-refractivity contribution in [1.82, 2.24) is 14.8 Å². The van der Waals surface area contributed by atoms with Crippen LogP contribution in [0.25, 0.3) is 0 Å². The number of rotatable bonds is 5. The van der Waals surface area contributed by atoms with Crippen LogP contribution in [0.5, 0.6) is 0 Å². The zero-order valence-electron chi connectivity index (χ0n) is 12.8. The summed E-state index contributed by atoms with van der Waals surface area (Å²) in [7, 11) is 0. The first-order valence-corrected chi connectivity index (χ1v) is 7.03. The van der Waals surface area contributed by atoms with Gasteiger partial charge in [-0.3, -0.25) is 9.59 Å². The Morgan fingerprint density at radius 1 is 1.00 bits per heavy atom. The van der Waals surface area contributed by atoms with Crippen molar-refractivity contribution >= 4 is 23.2 Å². The van der Waals surface area contributed by atoms with E-state index in [1.165, 1.54) is 17.3 Å². The third kappa shape index (κ3) is 3.91. The number of carbonyl (C=O) groups is 2. The lowest BCUT2D eigenvalue weighted by Crippen LogP contribution is -2.24. The van der Waals surface area contributed by atoms with Gasteiger partial charge in [0, 0.05) is 17.3 Å². The predicted molar refractivity (Wildman–Crippen MR) is 83.3 cm³/mol. The van der Waals surface area contributed by atoms with E-state index in [1.54, 1.807) is 31.2 Å². The van der Waals surface area contributed by atoms with Gasteiger partial charge in [0.2, 0.25) is 11.8 Å². The van der Waals surface area contributed by atoms with Gasteiger partial charge in [-0.05, 0) is 31.2 Å². The second kappa shape index (κ2) is 6.84. The molecule has 0 bridgehead atoms. The highest BCUT2D eigenvalue weighted by Crippen LogP contribution is 2.16. The van der Waals surface area contributed by atoms with Crippen molar-refractivity contribution in [3.63, 3.8) is 0 Å². The van der Waals surface area contributed by atoms with E-state index in [4.69, 9.17) is 0 Å². The number of nitrogens with zero attached hydrogens (tertiary/aromatic N) is 3. The van der Waals surface area contributed by atoms with Crippen molar-refractivity contribution in [2.45, 2.75) is 26.8 Å². The fourth-order valence-corrected chi connectivity index (χ4v) is 1.71. The Kier molecular flexibility index (Phi) is 4.88. The maximum atomic E-state index is 12.1. The molecule has 7 nitrogen and oxygen atoms in total. The molecule has 22 heavy (non-hydrogen) atoms. The van der Waals surface area contributed by atoms with Crippen molar-refractivity contribution < 1.29 is 9.59 Å². The summed E-state index contributed by atoms with van der Waals surface area (Å²) in [5.41, 5.74) is 1.35. The standard InChI is InChI=1S/C15H19N5O2/c1-10(2)14(21)18-12-4-6-13(7-5-12)19-15(22)11(3)20-9-16-8-17-20/h4-11H,1-3H3,(H,18,21)(H,19,22)/t11-/m1/s1. The van der Waals surface area contributed by atoms with Crippen LogP contribution in [-0.4, -0.2) is 26.6 Å². The monoisotopic (exact) mass is 301 g/mol. The normalized spacial score (nSPS) is 12.0. The average Bonchev–Trinajstić information content (AvgIpc) is 3.02. The van der Waals surface area contributed by atoms with Crippen molar-refractivity contribution in [1.29, 1.82) is 0 Å². The van der Waals surface area contributed by atoms with Gasteiger partial charge in [-0.15, -0.1) is 0 Å². The number of hydrogen-bond donors (Lipinski definition) is 2. The summed E-state index contributed by atoms with van der Waals surface area (Å²) >= 11 is 0. The third-order valence-corrected chi connectivity index (χ3v) is 3.16. The molecule has 0 unspecified atom stereocenters. The first-order valence-electron chi connectivity index (χ1n) is 7.03. The maximum Gasteiger partial charge on any atom is 0.249 e. The van der Waals surface area contributed by atoms with E-state index in [2.05, 4.69) is 20.7 Å². The highest BCUT2D eigenvalue weighted by molar-refractivity contribution is 5.94. The lowest BCUT2D eigenvalue weighted by molar-refractivity contribution is -0.119. The Bertz CT molecular complexity index is 634. The molecule has 0 aliphatic heterocycles. The van der Waals surface area contributed by atoms with E-state index in [0.29, 0.717) is 11.4 Å². The van der Waals surface area contributed by atoms with E-state index in [-0.39, 0.29) is 17.7 Å². The van der Waals surface area contributed by atoms with E-state index in [0.717, 1.165) is 0 Å². The quantitative estimate of drug-likeness (QED) is 0.884. The Balaban J connectivity index is 1.96. The predicted octanol–water partition coefficient (Wildman–Crippen LogP) is 2.07. The van der Waals surface area contributed by atoms with Gasteiger partial charge in [0.1, 0.15) is 18.7 Å². The molecular formula is C15H19N5O2. The molecule has 0 fully saturated rings. The van der Waals surface area contributed by atoms with Gasteiger partial charge in [0.25, 0.3) is 0 Å². The van der Waals surface area contributed by atoms with Crippen molar-refractivity contribution in [2.75, 3.05) is 10.6 Å². The fourth-order valence-electron chi connectivity index (χ4n) is 1.71. The number of carbonyl (C=O) groups excluding carboxylic acids is 2. The second-order valence-electron chi connectivity index (χ2n) is 5.26. The van der Waals surface area contributed by atoms with Crippen LogP contribution in [0.1, 0.15) is 26.8 Å².